The number of nitrogens with one attached hydrogen (secondary N) is 1. The van der Waals surface area contributed by atoms with Gasteiger partial charge in [-0.25, -0.2) is 0 Å². The highest BCUT2D eigenvalue weighted by molar-refractivity contribution is 5.46. The second kappa shape index (κ2) is 6.44. The molecule has 18 heavy (non-hydrogen) atoms. The van der Waals surface area contributed by atoms with Crippen molar-refractivity contribution < 1.29 is 17.9 Å². The first-order valence-electron chi connectivity index (χ1n) is 5.55. The Morgan fingerprint density at radius 1 is 1.28 bits per heavy atom. The number of aromatic nitrogens is 1. The molecule has 0 aromatic carbocycles. The Balaban J connectivity index is 3.12. The molecule has 1 rings (SSSR count). The first kappa shape index (κ1) is 14.6. The molecule has 0 spiro atoms. The van der Waals surface area contributed by atoms with Crippen molar-refractivity contribution in [2.45, 2.75) is 6.92 Å². The number of halogens is 3. The summed E-state index contributed by atoms with van der Waals surface area (Å²) in [4.78, 5) is 4.66. The van der Waals surface area contributed by atoms with Gasteiger partial charge in [-0.3, -0.25) is 0 Å². The third-order valence-corrected chi connectivity index (χ3v) is 2.33. The van der Waals surface area contributed by atoms with E-state index < -0.39 is 23.3 Å². The molecule has 0 aliphatic rings. The average Bonchev–Trinajstić information content (AvgIpc) is 2.36. The van der Waals surface area contributed by atoms with Gasteiger partial charge in [0.2, 0.25) is 11.6 Å². The number of hydrogen-bond acceptors (Lipinski definition) is 4. The van der Waals surface area contributed by atoms with Gasteiger partial charge in [0.05, 0.1) is 6.61 Å². The highest BCUT2D eigenvalue weighted by Gasteiger charge is 2.23. The van der Waals surface area contributed by atoms with Gasteiger partial charge in [0, 0.05) is 20.1 Å². The maximum atomic E-state index is 13.9. The minimum atomic E-state index is -1.40. The second-order valence-corrected chi connectivity index (χ2v) is 3.64. The molecular weight excluding hydrogens is 247 g/mol. The molecule has 0 radical (unpaired) electrons. The summed E-state index contributed by atoms with van der Waals surface area (Å²) in [5, 5.41) is 2.86. The summed E-state index contributed by atoms with van der Waals surface area (Å²) in [6.45, 7) is 2.55. The molecule has 1 aromatic rings. The van der Waals surface area contributed by atoms with Crippen molar-refractivity contribution in [3.05, 3.63) is 17.6 Å². The quantitative estimate of drug-likeness (QED) is 0.790. The van der Waals surface area contributed by atoms with Gasteiger partial charge in [-0.15, -0.1) is 0 Å². The van der Waals surface area contributed by atoms with E-state index in [1.54, 1.807) is 14.0 Å². The van der Waals surface area contributed by atoms with Gasteiger partial charge in [-0.2, -0.15) is 18.2 Å². The molecule has 0 bridgehead atoms. The fourth-order valence-electron chi connectivity index (χ4n) is 1.39. The molecule has 0 aliphatic heterocycles. The number of ether oxygens (including phenoxy) is 1. The summed E-state index contributed by atoms with van der Waals surface area (Å²) in [5.74, 6) is -4.76. The molecule has 4 nitrogen and oxygen atoms in total. The summed E-state index contributed by atoms with van der Waals surface area (Å²) in [5.41, 5.74) is 0. The van der Waals surface area contributed by atoms with E-state index in [1.165, 1.54) is 11.9 Å². The predicted octanol–water partition coefficient (Wildman–Crippen LogP) is 1.55. The van der Waals surface area contributed by atoms with Crippen LogP contribution in [0.5, 0.6) is 5.75 Å². The largest absolute Gasteiger partial charge is 0.488 e. The van der Waals surface area contributed by atoms with Crippen molar-refractivity contribution in [2.24, 2.45) is 0 Å². The normalized spacial score (nSPS) is 10.6. The summed E-state index contributed by atoms with van der Waals surface area (Å²) in [6.07, 6.45) is 0. The molecule has 102 valence electrons. The van der Waals surface area contributed by atoms with E-state index in [9.17, 15) is 13.2 Å². The lowest BCUT2D eigenvalue weighted by molar-refractivity contribution is 0.291. The van der Waals surface area contributed by atoms with Crippen LogP contribution >= 0.6 is 0 Å². The van der Waals surface area contributed by atoms with E-state index in [4.69, 9.17) is 4.74 Å². The van der Waals surface area contributed by atoms with E-state index in [-0.39, 0.29) is 12.4 Å². The Morgan fingerprint density at radius 2 is 1.94 bits per heavy atom. The third-order valence-electron chi connectivity index (χ3n) is 2.33. The van der Waals surface area contributed by atoms with E-state index in [2.05, 4.69) is 10.3 Å². The number of anilines is 1. The summed E-state index contributed by atoms with van der Waals surface area (Å²) >= 11 is 0. The van der Waals surface area contributed by atoms with Crippen LogP contribution in [0.4, 0.5) is 19.0 Å². The maximum absolute atomic E-state index is 13.9. The smallest absolute Gasteiger partial charge is 0.255 e. The van der Waals surface area contributed by atoms with Gasteiger partial charge < -0.3 is 15.0 Å². The highest BCUT2D eigenvalue weighted by Crippen LogP contribution is 2.29. The van der Waals surface area contributed by atoms with Crippen molar-refractivity contribution >= 4 is 5.82 Å². The van der Waals surface area contributed by atoms with Gasteiger partial charge in [0.25, 0.3) is 5.95 Å². The molecule has 0 atom stereocenters. The number of likely N-dealkylation sites (N-methyl/N-ethyl adjacent to an activating group) is 2. The fourth-order valence-corrected chi connectivity index (χ4v) is 1.39. The number of nitrogens with zero attached hydrogens (tertiary/aromatic N) is 2. The molecule has 0 saturated heterocycles. The first-order chi connectivity index (χ1) is 8.52. The van der Waals surface area contributed by atoms with Crippen LogP contribution in [0.1, 0.15) is 6.92 Å². The van der Waals surface area contributed by atoms with Crippen molar-refractivity contribution in [3.63, 3.8) is 0 Å². The van der Waals surface area contributed by atoms with Crippen LogP contribution in [0.2, 0.25) is 0 Å². The Kier molecular flexibility index (Phi) is 5.21. The minimum absolute atomic E-state index is 0.0387. The number of pyridine rings is 1. The predicted molar refractivity (Wildman–Crippen MR) is 62.5 cm³/mol. The second-order valence-electron chi connectivity index (χ2n) is 3.64. The number of hydrogen-bond donors (Lipinski definition) is 1. The minimum Gasteiger partial charge on any atom is -0.488 e. The van der Waals surface area contributed by atoms with Crippen molar-refractivity contribution in [3.8, 4) is 5.75 Å². The zero-order chi connectivity index (χ0) is 13.7. The molecule has 0 saturated carbocycles. The zero-order valence-electron chi connectivity index (χ0n) is 10.6. The first-order valence-corrected chi connectivity index (χ1v) is 5.55. The van der Waals surface area contributed by atoms with Gasteiger partial charge in [0.15, 0.2) is 11.6 Å². The van der Waals surface area contributed by atoms with Crippen LogP contribution in [0.25, 0.3) is 0 Å². The van der Waals surface area contributed by atoms with Crippen LogP contribution < -0.4 is 15.0 Å². The SMILES string of the molecule is CCOc1c(F)c(F)nc(N(C)CCNC)c1F. The number of rotatable bonds is 6. The molecular formula is C11H16F3N3O. The van der Waals surface area contributed by atoms with E-state index in [1.807, 2.05) is 0 Å². The van der Waals surface area contributed by atoms with Crippen molar-refractivity contribution in [2.75, 3.05) is 38.7 Å². The van der Waals surface area contributed by atoms with Gasteiger partial charge >= 0.3 is 0 Å². The molecule has 7 heteroatoms. The Labute approximate surface area is 104 Å². The summed E-state index contributed by atoms with van der Waals surface area (Å²) in [7, 11) is 3.27. The molecule has 1 heterocycles. The van der Waals surface area contributed by atoms with Crippen LogP contribution in [-0.2, 0) is 0 Å². The van der Waals surface area contributed by atoms with Crippen LogP contribution in [0.3, 0.4) is 0 Å². The van der Waals surface area contributed by atoms with E-state index in [0.717, 1.165) is 0 Å². The lowest BCUT2D eigenvalue weighted by Gasteiger charge is -2.20. The molecule has 0 fully saturated rings. The molecule has 0 amide bonds. The summed E-state index contributed by atoms with van der Waals surface area (Å²) < 4.78 is 45.3. The average molecular weight is 263 g/mol. The summed E-state index contributed by atoms with van der Waals surface area (Å²) in [6, 6.07) is 0. The highest BCUT2D eigenvalue weighted by atomic mass is 19.2. The lowest BCUT2D eigenvalue weighted by Crippen LogP contribution is -2.29. The van der Waals surface area contributed by atoms with E-state index in [0.29, 0.717) is 13.1 Å². The van der Waals surface area contributed by atoms with E-state index >= 15 is 0 Å². The fraction of sp³-hybridized carbons (Fsp3) is 0.545. The Bertz CT molecular complexity index is 415. The van der Waals surface area contributed by atoms with Gasteiger partial charge in [0.1, 0.15) is 0 Å². The molecule has 1 N–H and O–H groups in total. The Hall–Kier alpha value is -1.50. The molecule has 0 unspecified atom stereocenters. The van der Waals surface area contributed by atoms with Crippen molar-refractivity contribution in [1.29, 1.82) is 0 Å². The van der Waals surface area contributed by atoms with Crippen molar-refractivity contribution in [1.82, 2.24) is 10.3 Å². The molecule has 1 aromatic heterocycles. The Morgan fingerprint density at radius 3 is 2.50 bits per heavy atom. The zero-order valence-corrected chi connectivity index (χ0v) is 10.6. The van der Waals surface area contributed by atoms with Crippen LogP contribution in [0, 0.1) is 17.6 Å². The third kappa shape index (κ3) is 3.04. The van der Waals surface area contributed by atoms with Gasteiger partial charge in [-0.1, -0.05) is 0 Å². The monoisotopic (exact) mass is 263 g/mol. The topological polar surface area (TPSA) is 37.4 Å². The van der Waals surface area contributed by atoms with Gasteiger partial charge in [-0.05, 0) is 14.0 Å². The lowest BCUT2D eigenvalue weighted by atomic mass is 10.3. The van der Waals surface area contributed by atoms with Crippen LogP contribution in [0.15, 0.2) is 0 Å². The van der Waals surface area contributed by atoms with Crippen LogP contribution in [-0.4, -0.2) is 38.8 Å². The standard InChI is InChI=1S/C11H16F3N3O/c1-4-18-9-7(12)10(14)16-11(8(9)13)17(3)6-5-15-2/h15H,4-6H2,1-3H3. The molecule has 0 aliphatic carbocycles. The maximum Gasteiger partial charge on any atom is 0.255 e.